The number of likely N-dealkylation sites (tertiary alicyclic amines) is 1. The Hall–Kier alpha value is -0.580. The number of anilines is 1. The van der Waals surface area contributed by atoms with Crippen molar-refractivity contribution in [2.75, 3.05) is 44.3 Å². The Morgan fingerprint density at radius 3 is 2.50 bits per heavy atom. The van der Waals surface area contributed by atoms with E-state index < -0.39 is 0 Å². The highest BCUT2D eigenvalue weighted by molar-refractivity contribution is 9.10. The molecule has 3 rings (SSSR count). The predicted octanol–water partition coefficient (Wildman–Crippen LogP) is 3.27. The molecule has 0 N–H and O–H groups in total. The van der Waals surface area contributed by atoms with Crippen molar-refractivity contribution >= 4 is 21.6 Å². The maximum Gasteiger partial charge on any atom is 0.0642 e. The Bertz CT molecular complexity index is 440. The molecular weight excluding hydrogens is 316 g/mol. The van der Waals surface area contributed by atoms with Crippen molar-refractivity contribution in [1.29, 1.82) is 0 Å². The minimum absolute atomic E-state index is 0.843. The highest BCUT2D eigenvalue weighted by atomic mass is 79.9. The van der Waals surface area contributed by atoms with Gasteiger partial charge < -0.3 is 9.64 Å². The first kappa shape index (κ1) is 14.4. The van der Waals surface area contributed by atoms with E-state index in [1.54, 1.807) is 0 Å². The summed E-state index contributed by atoms with van der Waals surface area (Å²) in [6.07, 6.45) is 4.10. The molecule has 4 heteroatoms. The van der Waals surface area contributed by atoms with Crippen LogP contribution in [0.25, 0.3) is 0 Å². The molecule has 2 aliphatic heterocycles. The lowest BCUT2D eigenvalue weighted by Gasteiger charge is -2.33. The van der Waals surface area contributed by atoms with Crippen molar-refractivity contribution in [1.82, 2.24) is 4.90 Å². The van der Waals surface area contributed by atoms with E-state index in [0.717, 1.165) is 32.8 Å². The molecule has 20 heavy (non-hydrogen) atoms. The van der Waals surface area contributed by atoms with Crippen LogP contribution in [0, 0.1) is 0 Å². The van der Waals surface area contributed by atoms with Gasteiger partial charge >= 0.3 is 0 Å². The van der Waals surface area contributed by atoms with Crippen molar-refractivity contribution in [2.45, 2.75) is 25.8 Å². The van der Waals surface area contributed by atoms with Crippen molar-refractivity contribution in [3.05, 3.63) is 28.2 Å². The third kappa shape index (κ3) is 3.54. The van der Waals surface area contributed by atoms with Crippen LogP contribution in [0.3, 0.4) is 0 Å². The van der Waals surface area contributed by atoms with Gasteiger partial charge in [0.05, 0.1) is 13.2 Å². The zero-order valence-corrected chi connectivity index (χ0v) is 13.6. The van der Waals surface area contributed by atoms with E-state index in [9.17, 15) is 0 Å². The third-order valence-corrected chi connectivity index (χ3v) is 4.74. The molecule has 0 amide bonds. The summed E-state index contributed by atoms with van der Waals surface area (Å²) in [7, 11) is 0. The van der Waals surface area contributed by atoms with Crippen LogP contribution in [-0.2, 0) is 11.3 Å². The molecular formula is C16H23BrN2O. The smallest absolute Gasteiger partial charge is 0.0642 e. The normalized spacial score (nSPS) is 21.1. The Labute approximate surface area is 130 Å². The molecule has 0 spiro atoms. The predicted molar refractivity (Wildman–Crippen MR) is 86.3 cm³/mol. The average Bonchev–Trinajstić information content (AvgIpc) is 2.51. The molecule has 2 heterocycles. The Kier molecular flexibility index (Phi) is 4.97. The first-order valence-corrected chi connectivity index (χ1v) is 8.46. The summed E-state index contributed by atoms with van der Waals surface area (Å²) in [6, 6.07) is 6.72. The van der Waals surface area contributed by atoms with Crippen LogP contribution in [0.2, 0.25) is 0 Å². The van der Waals surface area contributed by atoms with Crippen LogP contribution in [0.15, 0.2) is 22.7 Å². The van der Waals surface area contributed by atoms with Crippen LogP contribution in [0.1, 0.15) is 24.8 Å². The second-order valence-corrected chi connectivity index (χ2v) is 6.62. The topological polar surface area (TPSA) is 15.7 Å². The number of hydrogen-bond donors (Lipinski definition) is 0. The number of nitrogens with zero attached hydrogens (tertiary/aromatic N) is 2. The lowest BCUT2D eigenvalue weighted by Crippen LogP contribution is -2.37. The van der Waals surface area contributed by atoms with Crippen LogP contribution in [0.5, 0.6) is 0 Å². The summed E-state index contributed by atoms with van der Waals surface area (Å²) in [4.78, 5) is 5.06. The monoisotopic (exact) mass is 338 g/mol. The molecule has 1 aromatic carbocycles. The van der Waals surface area contributed by atoms with Gasteiger partial charge in [0.15, 0.2) is 0 Å². The highest BCUT2D eigenvalue weighted by Crippen LogP contribution is 2.28. The van der Waals surface area contributed by atoms with Gasteiger partial charge in [-0.25, -0.2) is 0 Å². The number of piperidine rings is 1. The van der Waals surface area contributed by atoms with Crippen LogP contribution in [0.4, 0.5) is 5.69 Å². The van der Waals surface area contributed by atoms with Crippen LogP contribution < -0.4 is 4.90 Å². The number of hydrogen-bond acceptors (Lipinski definition) is 3. The molecule has 0 saturated carbocycles. The van der Waals surface area contributed by atoms with Gasteiger partial charge in [0.25, 0.3) is 0 Å². The molecule has 3 nitrogen and oxygen atoms in total. The molecule has 0 radical (unpaired) electrons. The molecule has 2 aliphatic rings. The Morgan fingerprint density at radius 2 is 1.75 bits per heavy atom. The number of benzene rings is 1. The zero-order valence-electron chi connectivity index (χ0n) is 12.0. The minimum Gasteiger partial charge on any atom is -0.378 e. The van der Waals surface area contributed by atoms with E-state index in [2.05, 4.69) is 43.9 Å². The highest BCUT2D eigenvalue weighted by Gasteiger charge is 2.18. The van der Waals surface area contributed by atoms with Crippen molar-refractivity contribution in [3.63, 3.8) is 0 Å². The summed E-state index contributed by atoms with van der Waals surface area (Å²) < 4.78 is 6.65. The van der Waals surface area contributed by atoms with Gasteiger partial charge in [0.2, 0.25) is 0 Å². The summed E-state index contributed by atoms with van der Waals surface area (Å²) in [5, 5.41) is 0. The van der Waals surface area contributed by atoms with E-state index in [-0.39, 0.29) is 0 Å². The van der Waals surface area contributed by atoms with E-state index in [4.69, 9.17) is 4.74 Å². The van der Waals surface area contributed by atoms with E-state index in [1.165, 1.54) is 48.1 Å². The SMILES string of the molecule is Brc1ccc(CN2CCCCC2)c(N2CCOCC2)c1. The zero-order chi connectivity index (χ0) is 13.8. The fourth-order valence-corrected chi connectivity index (χ4v) is 3.48. The molecule has 1 aromatic rings. The van der Waals surface area contributed by atoms with Crippen LogP contribution >= 0.6 is 15.9 Å². The fourth-order valence-electron chi connectivity index (χ4n) is 3.13. The van der Waals surface area contributed by atoms with Gasteiger partial charge in [0, 0.05) is 29.8 Å². The fraction of sp³-hybridized carbons (Fsp3) is 0.625. The van der Waals surface area contributed by atoms with Gasteiger partial charge in [-0.3, -0.25) is 4.90 Å². The molecule has 110 valence electrons. The van der Waals surface area contributed by atoms with Gasteiger partial charge in [-0.2, -0.15) is 0 Å². The van der Waals surface area contributed by atoms with Crippen molar-refractivity contribution in [2.24, 2.45) is 0 Å². The summed E-state index contributed by atoms with van der Waals surface area (Å²) in [5.74, 6) is 0. The molecule has 0 aromatic heterocycles. The van der Waals surface area contributed by atoms with Gasteiger partial charge in [-0.05, 0) is 43.6 Å². The van der Waals surface area contributed by atoms with E-state index in [0.29, 0.717) is 0 Å². The van der Waals surface area contributed by atoms with Crippen LogP contribution in [-0.4, -0.2) is 44.3 Å². The van der Waals surface area contributed by atoms with Crippen molar-refractivity contribution in [3.8, 4) is 0 Å². The van der Waals surface area contributed by atoms with Crippen molar-refractivity contribution < 1.29 is 4.74 Å². The third-order valence-electron chi connectivity index (χ3n) is 4.24. The Morgan fingerprint density at radius 1 is 1.00 bits per heavy atom. The molecule has 0 atom stereocenters. The second-order valence-electron chi connectivity index (χ2n) is 5.71. The number of halogens is 1. The second kappa shape index (κ2) is 6.92. The minimum atomic E-state index is 0.843. The Balaban J connectivity index is 1.77. The first-order chi connectivity index (χ1) is 9.83. The standard InChI is InChI=1S/C16H23BrN2O/c17-15-5-4-14(13-18-6-2-1-3-7-18)16(12-15)19-8-10-20-11-9-19/h4-5,12H,1-3,6-11,13H2. The summed E-state index contributed by atoms with van der Waals surface area (Å²) in [6.45, 7) is 7.27. The largest absolute Gasteiger partial charge is 0.378 e. The van der Waals surface area contributed by atoms with Gasteiger partial charge in [-0.1, -0.05) is 28.4 Å². The molecule has 2 fully saturated rings. The van der Waals surface area contributed by atoms with Gasteiger partial charge in [0.1, 0.15) is 0 Å². The molecule has 0 unspecified atom stereocenters. The lowest BCUT2D eigenvalue weighted by molar-refractivity contribution is 0.122. The first-order valence-electron chi connectivity index (χ1n) is 7.66. The maximum absolute atomic E-state index is 5.48. The molecule has 0 bridgehead atoms. The maximum atomic E-state index is 5.48. The number of rotatable bonds is 3. The molecule has 2 saturated heterocycles. The van der Waals surface area contributed by atoms with E-state index >= 15 is 0 Å². The number of ether oxygens (including phenoxy) is 1. The summed E-state index contributed by atoms with van der Waals surface area (Å²) in [5.41, 5.74) is 2.84. The van der Waals surface area contributed by atoms with E-state index in [1.807, 2.05) is 0 Å². The lowest BCUT2D eigenvalue weighted by atomic mass is 10.1. The number of morpholine rings is 1. The average molecular weight is 339 g/mol. The summed E-state index contributed by atoms with van der Waals surface area (Å²) >= 11 is 3.62. The quantitative estimate of drug-likeness (QED) is 0.841. The van der Waals surface area contributed by atoms with Gasteiger partial charge in [-0.15, -0.1) is 0 Å². The molecule has 0 aliphatic carbocycles.